The molecule has 0 atom stereocenters. The van der Waals surface area contributed by atoms with Gasteiger partial charge in [0.05, 0.1) is 24.0 Å². The topological polar surface area (TPSA) is 94.6 Å². The summed E-state index contributed by atoms with van der Waals surface area (Å²) < 4.78 is 36.9. The Morgan fingerprint density at radius 2 is 2.15 bits per heavy atom. The van der Waals surface area contributed by atoms with Gasteiger partial charge >= 0.3 is 0 Å². The van der Waals surface area contributed by atoms with Crippen LogP contribution in [-0.2, 0) is 16.4 Å². The Morgan fingerprint density at radius 1 is 1.35 bits per heavy atom. The Labute approximate surface area is 117 Å². The number of benzene rings is 1. The zero-order valence-electron chi connectivity index (χ0n) is 11.0. The van der Waals surface area contributed by atoms with Crippen LogP contribution in [0.5, 0.6) is 5.75 Å². The SMILES string of the molecule is COc1cc(S(=O)(=O)NCCc2ccco2)ccc1N. The van der Waals surface area contributed by atoms with E-state index in [1.807, 2.05) is 0 Å². The number of anilines is 1. The lowest BCUT2D eigenvalue weighted by atomic mass is 10.3. The summed E-state index contributed by atoms with van der Waals surface area (Å²) in [5, 5.41) is 0. The van der Waals surface area contributed by atoms with Crippen LogP contribution in [0.25, 0.3) is 0 Å². The smallest absolute Gasteiger partial charge is 0.240 e. The summed E-state index contributed by atoms with van der Waals surface area (Å²) in [5.74, 6) is 1.06. The van der Waals surface area contributed by atoms with Gasteiger partial charge in [-0.1, -0.05) is 0 Å². The average Bonchev–Trinajstić information content (AvgIpc) is 2.92. The van der Waals surface area contributed by atoms with Gasteiger partial charge in [-0.2, -0.15) is 0 Å². The molecule has 2 rings (SSSR count). The lowest BCUT2D eigenvalue weighted by Crippen LogP contribution is -2.26. The minimum Gasteiger partial charge on any atom is -0.495 e. The largest absolute Gasteiger partial charge is 0.495 e. The van der Waals surface area contributed by atoms with E-state index in [2.05, 4.69) is 4.72 Å². The van der Waals surface area contributed by atoms with Crippen LogP contribution in [0.3, 0.4) is 0 Å². The molecule has 0 spiro atoms. The van der Waals surface area contributed by atoms with Gasteiger partial charge in [-0.3, -0.25) is 0 Å². The lowest BCUT2D eigenvalue weighted by molar-refractivity contribution is 0.415. The number of sulfonamides is 1. The predicted molar refractivity (Wildman–Crippen MR) is 75.0 cm³/mol. The van der Waals surface area contributed by atoms with E-state index in [4.69, 9.17) is 14.9 Å². The van der Waals surface area contributed by atoms with Gasteiger partial charge in [0.15, 0.2) is 0 Å². The molecule has 0 aliphatic heterocycles. The number of hydrogen-bond acceptors (Lipinski definition) is 5. The Hall–Kier alpha value is -1.99. The molecular weight excluding hydrogens is 280 g/mol. The summed E-state index contributed by atoms with van der Waals surface area (Å²) in [6, 6.07) is 7.88. The summed E-state index contributed by atoms with van der Waals surface area (Å²) in [4.78, 5) is 0.114. The van der Waals surface area contributed by atoms with Gasteiger partial charge in [0, 0.05) is 19.0 Å². The molecule has 1 aromatic heterocycles. The van der Waals surface area contributed by atoms with Crippen molar-refractivity contribution in [2.75, 3.05) is 19.4 Å². The molecular formula is C13H16N2O4S. The third kappa shape index (κ3) is 3.31. The van der Waals surface area contributed by atoms with Crippen molar-refractivity contribution in [3.05, 3.63) is 42.4 Å². The Kier molecular flexibility index (Phi) is 4.31. The molecule has 0 saturated carbocycles. The number of nitrogen functional groups attached to an aromatic ring is 1. The maximum Gasteiger partial charge on any atom is 0.240 e. The third-order valence-electron chi connectivity index (χ3n) is 2.76. The van der Waals surface area contributed by atoms with Gasteiger partial charge < -0.3 is 14.9 Å². The fourth-order valence-electron chi connectivity index (χ4n) is 1.71. The maximum absolute atomic E-state index is 12.1. The van der Waals surface area contributed by atoms with Crippen molar-refractivity contribution in [3.8, 4) is 5.75 Å². The molecule has 3 N–H and O–H groups in total. The van der Waals surface area contributed by atoms with Crippen LogP contribution < -0.4 is 15.2 Å². The molecule has 0 fully saturated rings. The first-order valence-electron chi connectivity index (χ1n) is 5.98. The first kappa shape index (κ1) is 14.4. The zero-order valence-corrected chi connectivity index (χ0v) is 11.8. The highest BCUT2D eigenvalue weighted by Gasteiger charge is 2.15. The van der Waals surface area contributed by atoms with Crippen molar-refractivity contribution in [3.63, 3.8) is 0 Å². The highest BCUT2D eigenvalue weighted by atomic mass is 32.2. The number of ether oxygens (including phenoxy) is 1. The first-order chi connectivity index (χ1) is 9.53. The molecule has 0 bridgehead atoms. The van der Waals surface area contributed by atoms with Crippen molar-refractivity contribution < 1.29 is 17.6 Å². The van der Waals surface area contributed by atoms with Crippen molar-refractivity contribution in [2.24, 2.45) is 0 Å². The van der Waals surface area contributed by atoms with Gasteiger partial charge in [-0.15, -0.1) is 0 Å². The number of methoxy groups -OCH3 is 1. The Balaban J connectivity index is 2.06. The zero-order chi connectivity index (χ0) is 14.6. The van der Waals surface area contributed by atoms with E-state index in [0.717, 1.165) is 5.76 Å². The molecule has 2 aromatic rings. The molecule has 0 saturated heterocycles. The number of nitrogens with two attached hydrogens (primary N) is 1. The fourth-order valence-corrected chi connectivity index (χ4v) is 2.75. The first-order valence-corrected chi connectivity index (χ1v) is 7.47. The van der Waals surface area contributed by atoms with E-state index < -0.39 is 10.0 Å². The van der Waals surface area contributed by atoms with Crippen molar-refractivity contribution in [1.29, 1.82) is 0 Å². The van der Waals surface area contributed by atoms with Crippen LogP contribution in [0, 0.1) is 0 Å². The van der Waals surface area contributed by atoms with Crippen LogP contribution in [0.15, 0.2) is 45.9 Å². The van der Waals surface area contributed by atoms with Crippen LogP contribution >= 0.6 is 0 Å². The van der Waals surface area contributed by atoms with Crippen LogP contribution in [0.1, 0.15) is 5.76 Å². The van der Waals surface area contributed by atoms with E-state index in [-0.39, 0.29) is 11.4 Å². The minimum atomic E-state index is -3.59. The number of hydrogen-bond donors (Lipinski definition) is 2. The molecule has 20 heavy (non-hydrogen) atoms. The molecule has 108 valence electrons. The van der Waals surface area contributed by atoms with E-state index in [0.29, 0.717) is 17.9 Å². The minimum absolute atomic E-state index is 0.114. The van der Waals surface area contributed by atoms with Gasteiger partial charge in [-0.05, 0) is 24.3 Å². The molecule has 0 unspecified atom stereocenters. The van der Waals surface area contributed by atoms with E-state index in [1.165, 1.54) is 25.3 Å². The number of rotatable bonds is 6. The number of nitrogens with one attached hydrogen (secondary N) is 1. The van der Waals surface area contributed by atoms with E-state index in [9.17, 15) is 8.42 Å². The summed E-state index contributed by atoms with van der Waals surface area (Å²) in [5.41, 5.74) is 6.05. The average molecular weight is 296 g/mol. The quantitative estimate of drug-likeness (QED) is 0.786. The predicted octanol–water partition coefficient (Wildman–Crippen LogP) is 1.39. The molecule has 6 nitrogen and oxygen atoms in total. The fraction of sp³-hybridized carbons (Fsp3) is 0.231. The molecule has 7 heteroatoms. The third-order valence-corrected chi connectivity index (χ3v) is 4.22. The highest BCUT2D eigenvalue weighted by molar-refractivity contribution is 7.89. The van der Waals surface area contributed by atoms with Crippen molar-refractivity contribution >= 4 is 15.7 Å². The van der Waals surface area contributed by atoms with Gasteiger partial charge in [0.2, 0.25) is 10.0 Å². The number of furan rings is 1. The Morgan fingerprint density at radius 3 is 2.80 bits per heavy atom. The molecule has 1 aromatic carbocycles. The maximum atomic E-state index is 12.1. The molecule has 0 aliphatic carbocycles. The second-order valence-electron chi connectivity index (χ2n) is 4.13. The van der Waals surface area contributed by atoms with Crippen LogP contribution in [0.4, 0.5) is 5.69 Å². The second-order valence-corrected chi connectivity index (χ2v) is 5.90. The highest BCUT2D eigenvalue weighted by Crippen LogP contribution is 2.24. The molecule has 1 heterocycles. The van der Waals surface area contributed by atoms with Crippen molar-refractivity contribution in [2.45, 2.75) is 11.3 Å². The standard InChI is InChI=1S/C13H16N2O4S/c1-18-13-9-11(4-5-12(13)14)20(16,17)15-7-6-10-3-2-8-19-10/h2-5,8-9,15H,6-7,14H2,1H3. The summed E-state index contributed by atoms with van der Waals surface area (Å²) in [6.07, 6.45) is 2.03. The Bertz CT molecular complexity index is 666. The second kappa shape index (κ2) is 5.98. The molecule has 0 amide bonds. The van der Waals surface area contributed by atoms with Crippen LogP contribution in [0.2, 0.25) is 0 Å². The summed E-state index contributed by atoms with van der Waals surface area (Å²) in [7, 11) is -2.15. The van der Waals surface area contributed by atoms with Gasteiger partial charge in [0.25, 0.3) is 0 Å². The van der Waals surface area contributed by atoms with Crippen molar-refractivity contribution in [1.82, 2.24) is 4.72 Å². The normalized spacial score (nSPS) is 11.4. The molecule has 0 radical (unpaired) electrons. The molecule has 0 aliphatic rings. The lowest BCUT2D eigenvalue weighted by Gasteiger charge is -2.09. The van der Waals surface area contributed by atoms with Gasteiger partial charge in [0.1, 0.15) is 11.5 Å². The summed E-state index contributed by atoms with van der Waals surface area (Å²) in [6.45, 7) is 0.253. The van der Waals surface area contributed by atoms with Crippen LogP contribution in [-0.4, -0.2) is 22.1 Å². The van der Waals surface area contributed by atoms with E-state index in [1.54, 1.807) is 18.4 Å². The monoisotopic (exact) mass is 296 g/mol. The summed E-state index contributed by atoms with van der Waals surface area (Å²) >= 11 is 0. The van der Waals surface area contributed by atoms with E-state index >= 15 is 0 Å². The van der Waals surface area contributed by atoms with Gasteiger partial charge in [-0.25, -0.2) is 13.1 Å².